The largest absolute Gasteiger partial charge is 0.469 e. The Hall–Kier alpha value is -0.830. The van der Waals surface area contributed by atoms with Crippen molar-refractivity contribution in [1.82, 2.24) is 0 Å². The Morgan fingerprint density at radius 1 is 1.62 bits per heavy atom. The van der Waals surface area contributed by atoms with Gasteiger partial charge in [0, 0.05) is 0 Å². The van der Waals surface area contributed by atoms with E-state index in [1.165, 1.54) is 12.7 Å². The van der Waals surface area contributed by atoms with E-state index >= 15 is 0 Å². The fourth-order valence-electron chi connectivity index (χ4n) is 2.22. The van der Waals surface area contributed by atoms with Crippen LogP contribution in [0.2, 0.25) is 0 Å². The highest BCUT2D eigenvalue weighted by atomic mass is 16.5. The van der Waals surface area contributed by atoms with Gasteiger partial charge in [-0.15, -0.1) is 0 Å². The van der Waals surface area contributed by atoms with Gasteiger partial charge in [-0.05, 0) is 39.5 Å². The van der Waals surface area contributed by atoms with Crippen molar-refractivity contribution in [3.63, 3.8) is 0 Å². The first-order valence-corrected chi connectivity index (χ1v) is 5.86. The molecule has 3 heteroatoms. The summed E-state index contributed by atoms with van der Waals surface area (Å²) in [4.78, 5) is 11.7. The van der Waals surface area contributed by atoms with Crippen molar-refractivity contribution < 1.29 is 14.6 Å². The van der Waals surface area contributed by atoms with Crippen LogP contribution >= 0.6 is 0 Å². The van der Waals surface area contributed by atoms with Crippen molar-refractivity contribution >= 4 is 5.97 Å². The molecule has 0 radical (unpaired) electrons. The Bertz CT molecular complexity index is 304. The number of rotatable bonds is 3. The van der Waals surface area contributed by atoms with Crippen molar-refractivity contribution in [1.29, 1.82) is 0 Å². The molecule has 0 fully saturated rings. The SMILES string of the molecule is CCC1=CCC(O)(C(C)(C)C(=O)OC)CC1. The molecule has 0 saturated carbocycles. The number of methoxy groups -OCH3 is 1. The maximum Gasteiger partial charge on any atom is 0.314 e. The van der Waals surface area contributed by atoms with Gasteiger partial charge in [-0.1, -0.05) is 18.6 Å². The number of carbonyl (C=O) groups excluding carboxylic acids is 1. The molecule has 92 valence electrons. The summed E-state index contributed by atoms with van der Waals surface area (Å²) in [6.45, 7) is 5.62. The number of hydrogen-bond donors (Lipinski definition) is 1. The van der Waals surface area contributed by atoms with E-state index in [2.05, 4.69) is 13.0 Å². The monoisotopic (exact) mass is 226 g/mol. The first kappa shape index (κ1) is 13.2. The summed E-state index contributed by atoms with van der Waals surface area (Å²) in [6.07, 6.45) is 5.13. The van der Waals surface area contributed by atoms with E-state index in [-0.39, 0.29) is 5.97 Å². The van der Waals surface area contributed by atoms with Crippen LogP contribution in [0.5, 0.6) is 0 Å². The summed E-state index contributed by atoms with van der Waals surface area (Å²) < 4.78 is 4.77. The Labute approximate surface area is 97.5 Å². The van der Waals surface area contributed by atoms with Gasteiger partial charge in [0.25, 0.3) is 0 Å². The first-order chi connectivity index (χ1) is 7.37. The minimum absolute atomic E-state index is 0.344. The van der Waals surface area contributed by atoms with Gasteiger partial charge in [0.1, 0.15) is 0 Å². The van der Waals surface area contributed by atoms with Crippen LogP contribution in [0.25, 0.3) is 0 Å². The Kier molecular flexibility index (Phi) is 3.79. The lowest BCUT2D eigenvalue weighted by Gasteiger charge is -2.42. The van der Waals surface area contributed by atoms with E-state index in [1.54, 1.807) is 13.8 Å². The second-order valence-corrected chi connectivity index (χ2v) is 5.07. The third-order valence-electron chi connectivity index (χ3n) is 3.90. The zero-order valence-electron chi connectivity index (χ0n) is 10.7. The standard InChI is InChI=1S/C13H22O3/c1-5-10-6-8-13(15,9-7-10)12(2,3)11(14)16-4/h6,15H,5,7-9H2,1-4H3. The van der Waals surface area contributed by atoms with E-state index in [1.807, 2.05) is 0 Å². The predicted octanol–water partition coefficient (Wildman–Crippen LogP) is 2.44. The molecule has 1 unspecified atom stereocenters. The Balaban J connectivity index is 2.88. The lowest BCUT2D eigenvalue weighted by atomic mass is 9.67. The summed E-state index contributed by atoms with van der Waals surface area (Å²) in [6, 6.07) is 0. The van der Waals surface area contributed by atoms with Crippen LogP contribution in [0.15, 0.2) is 11.6 Å². The van der Waals surface area contributed by atoms with E-state index in [0.717, 1.165) is 12.8 Å². The highest BCUT2D eigenvalue weighted by molar-refractivity contribution is 5.77. The fraction of sp³-hybridized carbons (Fsp3) is 0.769. The summed E-state index contributed by atoms with van der Waals surface area (Å²) in [7, 11) is 1.36. The van der Waals surface area contributed by atoms with Crippen LogP contribution in [0.1, 0.15) is 46.5 Å². The number of ether oxygens (including phenoxy) is 1. The predicted molar refractivity (Wildman–Crippen MR) is 63.0 cm³/mol. The van der Waals surface area contributed by atoms with Crippen molar-refractivity contribution in [2.24, 2.45) is 5.41 Å². The molecule has 0 bridgehead atoms. The zero-order chi connectivity index (χ0) is 12.4. The molecule has 0 spiro atoms. The topological polar surface area (TPSA) is 46.5 Å². The van der Waals surface area contributed by atoms with Gasteiger partial charge in [0.15, 0.2) is 0 Å². The molecule has 1 rings (SSSR count). The number of allylic oxidation sites excluding steroid dienone is 1. The third kappa shape index (κ3) is 2.14. The maximum absolute atomic E-state index is 11.7. The van der Waals surface area contributed by atoms with Crippen LogP contribution in [-0.2, 0) is 9.53 Å². The third-order valence-corrected chi connectivity index (χ3v) is 3.90. The van der Waals surface area contributed by atoms with Gasteiger partial charge in [0.05, 0.1) is 18.1 Å². The summed E-state index contributed by atoms with van der Waals surface area (Å²) >= 11 is 0. The van der Waals surface area contributed by atoms with Crippen LogP contribution in [0.4, 0.5) is 0 Å². The molecule has 0 aliphatic heterocycles. The van der Waals surface area contributed by atoms with Gasteiger partial charge < -0.3 is 9.84 Å². The lowest BCUT2D eigenvalue weighted by Crippen LogP contribution is -2.50. The molecule has 0 amide bonds. The van der Waals surface area contributed by atoms with Crippen LogP contribution in [0, 0.1) is 5.41 Å². The van der Waals surface area contributed by atoms with Gasteiger partial charge in [-0.25, -0.2) is 0 Å². The van der Waals surface area contributed by atoms with Gasteiger partial charge >= 0.3 is 5.97 Å². The second-order valence-electron chi connectivity index (χ2n) is 5.07. The average Bonchev–Trinajstić information content (AvgIpc) is 2.28. The Morgan fingerprint density at radius 3 is 2.62 bits per heavy atom. The van der Waals surface area contributed by atoms with Crippen LogP contribution < -0.4 is 0 Å². The van der Waals surface area contributed by atoms with Gasteiger partial charge in [-0.3, -0.25) is 4.79 Å². The van der Waals surface area contributed by atoms with E-state index < -0.39 is 11.0 Å². The normalized spacial score (nSPS) is 26.2. The van der Waals surface area contributed by atoms with E-state index in [0.29, 0.717) is 12.8 Å². The molecular weight excluding hydrogens is 204 g/mol. The fourth-order valence-corrected chi connectivity index (χ4v) is 2.22. The molecule has 3 nitrogen and oxygen atoms in total. The molecule has 1 atom stereocenters. The van der Waals surface area contributed by atoms with Crippen molar-refractivity contribution in [2.45, 2.75) is 52.1 Å². The number of carbonyl (C=O) groups is 1. The molecular formula is C13H22O3. The van der Waals surface area contributed by atoms with Gasteiger partial charge in [-0.2, -0.15) is 0 Å². The van der Waals surface area contributed by atoms with E-state index in [9.17, 15) is 9.90 Å². The number of esters is 1. The molecule has 16 heavy (non-hydrogen) atoms. The van der Waals surface area contributed by atoms with Crippen LogP contribution in [0.3, 0.4) is 0 Å². The molecule has 0 aromatic heterocycles. The van der Waals surface area contributed by atoms with Gasteiger partial charge in [0.2, 0.25) is 0 Å². The summed E-state index contributed by atoms with van der Waals surface area (Å²) in [5.74, 6) is -0.344. The molecule has 0 saturated heterocycles. The van der Waals surface area contributed by atoms with Crippen LogP contribution in [-0.4, -0.2) is 23.8 Å². The molecule has 0 heterocycles. The minimum Gasteiger partial charge on any atom is -0.469 e. The highest BCUT2D eigenvalue weighted by Crippen LogP contribution is 2.42. The van der Waals surface area contributed by atoms with Crippen molar-refractivity contribution in [2.75, 3.05) is 7.11 Å². The molecule has 1 aliphatic rings. The zero-order valence-corrected chi connectivity index (χ0v) is 10.7. The van der Waals surface area contributed by atoms with Crippen molar-refractivity contribution in [3.8, 4) is 0 Å². The molecule has 0 aromatic carbocycles. The number of hydrogen-bond acceptors (Lipinski definition) is 3. The average molecular weight is 226 g/mol. The smallest absolute Gasteiger partial charge is 0.314 e. The minimum atomic E-state index is -0.973. The maximum atomic E-state index is 11.7. The number of aliphatic hydroxyl groups is 1. The lowest BCUT2D eigenvalue weighted by molar-refractivity contribution is -0.169. The molecule has 1 aliphatic carbocycles. The Morgan fingerprint density at radius 2 is 2.25 bits per heavy atom. The van der Waals surface area contributed by atoms with E-state index in [4.69, 9.17) is 4.74 Å². The van der Waals surface area contributed by atoms with Crippen molar-refractivity contribution in [3.05, 3.63) is 11.6 Å². The first-order valence-electron chi connectivity index (χ1n) is 5.86. The molecule has 0 aromatic rings. The second kappa shape index (κ2) is 4.58. The molecule has 1 N–H and O–H groups in total. The summed E-state index contributed by atoms with van der Waals surface area (Å²) in [5.41, 5.74) is -0.457. The summed E-state index contributed by atoms with van der Waals surface area (Å²) in [5, 5.41) is 10.6. The highest BCUT2D eigenvalue weighted by Gasteiger charge is 2.49. The quantitative estimate of drug-likeness (QED) is 0.594.